The molecule has 2 aromatic heterocycles. The van der Waals surface area contributed by atoms with E-state index >= 15 is 0 Å². The number of halogens is 3. The summed E-state index contributed by atoms with van der Waals surface area (Å²) in [7, 11) is 0. The minimum Gasteiger partial charge on any atom is -0.366 e. The Kier molecular flexibility index (Phi) is 5.25. The molecule has 0 aliphatic carbocycles. The number of primary amides is 1. The molecule has 5 nitrogen and oxygen atoms in total. The van der Waals surface area contributed by atoms with Crippen molar-refractivity contribution in [2.75, 3.05) is 0 Å². The molecule has 2 heterocycles. The molecule has 1 aromatic carbocycles. The number of hydrogen-bond acceptors (Lipinski definition) is 4. The van der Waals surface area contributed by atoms with Crippen LogP contribution in [0, 0.1) is 18.3 Å². The molecule has 0 saturated heterocycles. The third-order valence-corrected chi connectivity index (χ3v) is 5.12. The van der Waals surface area contributed by atoms with E-state index in [0.717, 1.165) is 12.1 Å². The number of hydrogen-bond donors (Lipinski definition) is 1. The molecule has 2 N–H and O–H groups in total. The summed E-state index contributed by atoms with van der Waals surface area (Å²) in [5.74, 6) is -0.631. The van der Waals surface area contributed by atoms with Crippen LogP contribution in [0.1, 0.15) is 32.2 Å². The zero-order valence-corrected chi connectivity index (χ0v) is 15.6. The maximum absolute atomic E-state index is 13.0. The van der Waals surface area contributed by atoms with Crippen LogP contribution in [-0.4, -0.2) is 15.5 Å². The van der Waals surface area contributed by atoms with Crippen LogP contribution in [-0.2, 0) is 19.1 Å². The van der Waals surface area contributed by atoms with Gasteiger partial charge in [0.2, 0.25) is 0 Å². The topological polar surface area (TPSA) is 84.7 Å². The van der Waals surface area contributed by atoms with Crippen molar-refractivity contribution >= 4 is 17.2 Å². The lowest BCUT2D eigenvalue weighted by atomic mass is 10.1. The Balaban J connectivity index is 2.07. The van der Waals surface area contributed by atoms with Gasteiger partial charge in [0.05, 0.1) is 35.0 Å². The van der Waals surface area contributed by atoms with Gasteiger partial charge in [0, 0.05) is 17.6 Å². The Labute approximate surface area is 162 Å². The molecular formula is C19H15F3N4OS. The third-order valence-electron chi connectivity index (χ3n) is 4.27. The standard InChI is InChI=1S/C19H15F3N4OS/c1-11-14(18(24)27)8-16(15-10-28-17(25-15)5-6-23)26(11)9-12-3-2-4-13(7-12)19(20,21)22/h2-4,7-8,10H,5,9H2,1H3,(H2,24,27). The highest BCUT2D eigenvalue weighted by Crippen LogP contribution is 2.31. The predicted molar refractivity (Wildman–Crippen MR) is 98.7 cm³/mol. The van der Waals surface area contributed by atoms with Crippen LogP contribution in [0.25, 0.3) is 11.4 Å². The molecule has 0 aliphatic rings. The van der Waals surface area contributed by atoms with E-state index in [-0.39, 0.29) is 18.5 Å². The Bertz CT molecular complexity index is 1080. The molecule has 0 fully saturated rings. The SMILES string of the molecule is Cc1c(C(N)=O)cc(-c2csc(CC#N)n2)n1Cc1cccc(C(F)(F)F)c1. The molecule has 3 aromatic rings. The molecule has 1 amide bonds. The average molecular weight is 404 g/mol. The van der Waals surface area contributed by atoms with Crippen molar-refractivity contribution in [2.24, 2.45) is 5.73 Å². The smallest absolute Gasteiger partial charge is 0.366 e. The van der Waals surface area contributed by atoms with Gasteiger partial charge in [0.15, 0.2) is 0 Å². The van der Waals surface area contributed by atoms with Crippen LogP contribution >= 0.6 is 11.3 Å². The minimum absolute atomic E-state index is 0.115. The molecule has 0 unspecified atom stereocenters. The van der Waals surface area contributed by atoms with E-state index < -0.39 is 17.6 Å². The number of amides is 1. The normalized spacial score (nSPS) is 11.4. The van der Waals surface area contributed by atoms with Crippen molar-refractivity contribution in [3.05, 3.63) is 63.1 Å². The number of aromatic nitrogens is 2. The number of benzene rings is 1. The van der Waals surface area contributed by atoms with E-state index in [1.807, 2.05) is 6.07 Å². The van der Waals surface area contributed by atoms with Gasteiger partial charge in [-0.25, -0.2) is 4.98 Å². The highest BCUT2D eigenvalue weighted by molar-refractivity contribution is 7.10. The number of carbonyl (C=O) groups excluding carboxylic acids is 1. The molecule has 0 spiro atoms. The molecule has 9 heteroatoms. The van der Waals surface area contributed by atoms with Crippen LogP contribution in [0.2, 0.25) is 0 Å². The van der Waals surface area contributed by atoms with Gasteiger partial charge in [-0.1, -0.05) is 12.1 Å². The Morgan fingerprint density at radius 3 is 2.75 bits per heavy atom. The highest BCUT2D eigenvalue weighted by atomic mass is 32.1. The van der Waals surface area contributed by atoms with Crippen LogP contribution < -0.4 is 5.73 Å². The van der Waals surface area contributed by atoms with Crippen LogP contribution in [0.5, 0.6) is 0 Å². The number of nitrogens with two attached hydrogens (primary N) is 1. The van der Waals surface area contributed by atoms with E-state index in [9.17, 15) is 18.0 Å². The first-order valence-corrected chi connectivity index (χ1v) is 9.06. The fraction of sp³-hybridized carbons (Fsp3) is 0.211. The van der Waals surface area contributed by atoms with Crippen LogP contribution in [0.4, 0.5) is 13.2 Å². The lowest BCUT2D eigenvalue weighted by molar-refractivity contribution is -0.137. The average Bonchev–Trinajstić information content (AvgIpc) is 3.20. The first-order valence-electron chi connectivity index (χ1n) is 8.18. The number of thiazole rings is 1. The monoisotopic (exact) mass is 404 g/mol. The van der Waals surface area contributed by atoms with Crippen molar-refractivity contribution in [3.63, 3.8) is 0 Å². The molecular weight excluding hydrogens is 389 g/mol. The summed E-state index contributed by atoms with van der Waals surface area (Å²) in [5.41, 5.74) is 7.04. The summed E-state index contributed by atoms with van der Waals surface area (Å²) in [6, 6.07) is 8.62. The Hall–Kier alpha value is -3.12. The molecule has 3 rings (SSSR count). The van der Waals surface area contributed by atoms with Gasteiger partial charge in [-0.3, -0.25) is 4.79 Å². The van der Waals surface area contributed by atoms with E-state index in [2.05, 4.69) is 4.98 Å². The van der Waals surface area contributed by atoms with Crippen molar-refractivity contribution in [3.8, 4) is 17.5 Å². The number of nitrogens with zero attached hydrogens (tertiary/aromatic N) is 3. The lowest BCUT2D eigenvalue weighted by Gasteiger charge is -2.13. The van der Waals surface area contributed by atoms with Crippen molar-refractivity contribution in [1.82, 2.24) is 9.55 Å². The van der Waals surface area contributed by atoms with Crippen molar-refractivity contribution in [1.29, 1.82) is 5.26 Å². The second-order valence-corrected chi connectivity index (χ2v) is 7.08. The number of alkyl halides is 3. The molecule has 0 atom stereocenters. The van der Waals surface area contributed by atoms with Crippen molar-refractivity contribution < 1.29 is 18.0 Å². The van der Waals surface area contributed by atoms with Gasteiger partial charge in [0.25, 0.3) is 5.91 Å². The quantitative estimate of drug-likeness (QED) is 0.693. The van der Waals surface area contributed by atoms with E-state index in [4.69, 9.17) is 11.0 Å². The van der Waals surface area contributed by atoms with E-state index in [1.165, 1.54) is 17.4 Å². The van der Waals surface area contributed by atoms with Crippen molar-refractivity contribution in [2.45, 2.75) is 26.1 Å². The number of carbonyl (C=O) groups is 1. The van der Waals surface area contributed by atoms with Gasteiger partial charge in [-0.15, -0.1) is 11.3 Å². The highest BCUT2D eigenvalue weighted by Gasteiger charge is 2.30. The Morgan fingerprint density at radius 2 is 2.11 bits per heavy atom. The maximum Gasteiger partial charge on any atom is 0.416 e. The van der Waals surface area contributed by atoms with Crippen LogP contribution in [0.15, 0.2) is 35.7 Å². The molecule has 0 bridgehead atoms. The van der Waals surface area contributed by atoms with Gasteiger partial charge >= 0.3 is 6.18 Å². The van der Waals surface area contributed by atoms with Gasteiger partial charge in [-0.05, 0) is 30.7 Å². The summed E-state index contributed by atoms with van der Waals surface area (Å²) < 4.78 is 40.7. The Morgan fingerprint density at radius 1 is 1.36 bits per heavy atom. The molecule has 28 heavy (non-hydrogen) atoms. The summed E-state index contributed by atoms with van der Waals surface area (Å²) in [6.07, 6.45) is -4.29. The summed E-state index contributed by atoms with van der Waals surface area (Å²) >= 11 is 1.30. The predicted octanol–water partition coefficient (Wildman–Crippen LogP) is 4.15. The number of rotatable bonds is 5. The zero-order valence-electron chi connectivity index (χ0n) is 14.7. The van der Waals surface area contributed by atoms with Crippen LogP contribution in [0.3, 0.4) is 0 Å². The zero-order chi connectivity index (χ0) is 20.5. The fourth-order valence-corrected chi connectivity index (χ4v) is 3.64. The van der Waals surface area contributed by atoms with E-state index in [1.54, 1.807) is 29.0 Å². The van der Waals surface area contributed by atoms with Gasteiger partial charge in [0.1, 0.15) is 5.01 Å². The maximum atomic E-state index is 13.0. The summed E-state index contributed by atoms with van der Waals surface area (Å²) in [6.45, 7) is 1.79. The summed E-state index contributed by atoms with van der Waals surface area (Å²) in [4.78, 5) is 16.1. The lowest BCUT2D eigenvalue weighted by Crippen LogP contribution is -2.13. The second kappa shape index (κ2) is 7.48. The molecule has 144 valence electrons. The van der Waals surface area contributed by atoms with Gasteiger partial charge in [-0.2, -0.15) is 18.4 Å². The molecule has 0 saturated carbocycles. The first-order chi connectivity index (χ1) is 13.2. The van der Waals surface area contributed by atoms with E-state index in [0.29, 0.717) is 27.7 Å². The molecule has 0 radical (unpaired) electrons. The minimum atomic E-state index is -4.44. The second-order valence-electron chi connectivity index (χ2n) is 6.14. The fourth-order valence-electron chi connectivity index (χ4n) is 2.92. The molecule has 0 aliphatic heterocycles. The third kappa shape index (κ3) is 3.92. The first kappa shape index (κ1) is 19.6. The largest absolute Gasteiger partial charge is 0.416 e. The summed E-state index contributed by atoms with van der Waals surface area (Å²) in [5, 5.41) is 11.2. The number of nitriles is 1. The van der Waals surface area contributed by atoms with Gasteiger partial charge < -0.3 is 10.3 Å².